The van der Waals surface area contributed by atoms with Crippen LogP contribution in [0.15, 0.2) is 0 Å². The van der Waals surface area contributed by atoms with Crippen LogP contribution in [0.2, 0.25) is 0 Å². The largest absolute Gasteiger partial charge is 0.313 e. The highest BCUT2D eigenvalue weighted by Gasteiger charge is 2.33. The second-order valence-corrected chi connectivity index (χ2v) is 5.53. The van der Waals surface area contributed by atoms with Gasteiger partial charge in [-0.15, -0.1) is 0 Å². The van der Waals surface area contributed by atoms with Gasteiger partial charge in [-0.05, 0) is 37.1 Å². The van der Waals surface area contributed by atoms with E-state index in [-0.39, 0.29) is 0 Å². The summed E-state index contributed by atoms with van der Waals surface area (Å²) in [5.74, 6) is 1.04. The van der Waals surface area contributed by atoms with Crippen LogP contribution in [-0.2, 0) is 0 Å². The van der Waals surface area contributed by atoms with Crippen molar-refractivity contribution in [1.82, 2.24) is 5.32 Å². The lowest BCUT2D eigenvalue weighted by molar-refractivity contribution is 0.213. The van der Waals surface area contributed by atoms with Crippen molar-refractivity contribution >= 4 is 0 Å². The maximum Gasteiger partial charge on any atom is 0.0121 e. The lowest BCUT2D eigenvalue weighted by atomic mass is 9.79. The van der Waals surface area contributed by atoms with E-state index in [0.29, 0.717) is 5.41 Å². The molecule has 0 amide bonds. The fraction of sp³-hybridized carbons (Fsp3) is 1.00. The highest BCUT2D eigenvalue weighted by molar-refractivity contribution is 4.88. The molecule has 84 valence electrons. The first-order valence-corrected chi connectivity index (χ1v) is 6.33. The van der Waals surface area contributed by atoms with Crippen LogP contribution in [0.5, 0.6) is 0 Å². The number of hydrogen-bond donors (Lipinski definition) is 1. The van der Waals surface area contributed by atoms with Gasteiger partial charge >= 0.3 is 0 Å². The first-order valence-electron chi connectivity index (χ1n) is 6.33. The van der Waals surface area contributed by atoms with Gasteiger partial charge in [0, 0.05) is 6.04 Å². The van der Waals surface area contributed by atoms with Crippen molar-refractivity contribution in [2.45, 2.75) is 65.8 Å². The van der Waals surface area contributed by atoms with Crippen molar-refractivity contribution in [2.24, 2.45) is 11.3 Å². The minimum absolute atomic E-state index is 0.470. The number of hydrogen-bond acceptors (Lipinski definition) is 1. The van der Waals surface area contributed by atoms with Gasteiger partial charge in [0.25, 0.3) is 0 Å². The van der Waals surface area contributed by atoms with Gasteiger partial charge in [-0.2, -0.15) is 0 Å². The molecule has 0 aromatic heterocycles. The highest BCUT2D eigenvalue weighted by atomic mass is 14.9. The second kappa shape index (κ2) is 5.16. The van der Waals surface area contributed by atoms with Gasteiger partial charge in [0.15, 0.2) is 0 Å². The smallest absolute Gasteiger partial charge is 0.0121 e. The van der Waals surface area contributed by atoms with Crippen molar-refractivity contribution < 1.29 is 0 Å². The van der Waals surface area contributed by atoms with Gasteiger partial charge in [-0.3, -0.25) is 0 Å². The molecule has 1 saturated carbocycles. The summed E-state index contributed by atoms with van der Waals surface area (Å²) in [5, 5.41) is 3.73. The SMILES string of the molecule is CCCNC(CC1CC1)C(C)(C)CC. The Hall–Kier alpha value is -0.0400. The van der Waals surface area contributed by atoms with E-state index in [1.165, 1.54) is 38.6 Å². The van der Waals surface area contributed by atoms with E-state index in [1.54, 1.807) is 0 Å². The Balaban J connectivity index is 2.41. The molecule has 0 aromatic rings. The summed E-state index contributed by atoms with van der Waals surface area (Å²) in [6.45, 7) is 10.6. The van der Waals surface area contributed by atoms with Gasteiger partial charge < -0.3 is 5.32 Å². The molecule has 1 aliphatic carbocycles. The lowest BCUT2D eigenvalue weighted by Crippen LogP contribution is -2.42. The summed E-state index contributed by atoms with van der Waals surface area (Å²) in [6, 6.07) is 0.736. The summed E-state index contributed by atoms with van der Waals surface area (Å²) < 4.78 is 0. The van der Waals surface area contributed by atoms with Crippen LogP contribution in [0.1, 0.15) is 59.8 Å². The van der Waals surface area contributed by atoms with Gasteiger partial charge in [-0.1, -0.05) is 40.5 Å². The Morgan fingerprint density at radius 2 is 1.93 bits per heavy atom. The van der Waals surface area contributed by atoms with Gasteiger partial charge in [0.1, 0.15) is 0 Å². The molecule has 14 heavy (non-hydrogen) atoms. The Kier molecular flexibility index (Phi) is 4.43. The van der Waals surface area contributed by atoms with Crippen LogP contribution in [0.3, 0.4) is 0 Å². The van der Waals surface area contributed by atoms with E-state index < -0.39 is 0 Å². The minimum Gasteiger partial charge on any atom is -0.313 e. The molecule has 1 N–H and O–H groups in total. The zero-order valence-corrected chi connectivity index (χ0v) is 10.4. The third-order valence-electron chi connectivity index (χ3n) is 3.76. The van der Waals surface area contributed by atoms with E-state index >= 15 is 0 Å². The molecule has 1 nitrogen and oxygen atoms in total. The van der Waals surface area contributed by atoms with Crippen molar-refractivity contribution in [3.8, 4) is 0 Å². The summed E-state index contributed by atoms with van der Waals surface area (Å²) in [7, 11) is 0. The first-order chi connectivity index (χ1) is 6.60. The zero-order chi connectivity index (χ0) is 10.6. The topological polar surface area (TPSA) is 12.0 Å². The molecule has 1 aliphatic rings. The maximum atomic E-state index is 3.73. The predicted molar refractivity (Wildman–Crippen MR) is 63.5 cm³/mol. The van der Waals surface area contributed by atoms with Crippen molar-refractivity contribution in [3.05, 3.63) is 0 Å². The van der Waals surface area contributed by atoms with Crippen molar-refractivity contribution in [3.63, 3.8) is 0 Å². The fourth-order valence-corrected chi connectivity index (χ4v) is 1.93. The fourth-order valence-electron chi connectivity index (χ4n) is 1.93. The molecule has 1 atom stereocenters. The molecule has 0 radical (unpaired) electrons. The van der Waals surface area contributed by atoms with Crippen molar-refractivity contribution in [2.75, 3.05) is 6.54 Å². The second-order valence-electron chi connectivity index (χ2n) is 5.53. The van der Waals surface area contributed by atoms with Gasteiger partial charge in [0.05, 0.1) is 0 Å². The normalized spacial score (nSPS) is 19.7. The third-order valence-corrected chi connectivity index (χ3v) is 3.76. The Morgan fingerprint density at radius 3 is 2.36 bits per heavy atom. The van der Waals surface area contributed by atoms with Crippen LogP contribution in [0.4, 0.5) is 0 Å². The van der Waals surface area contributed by atoms with E-state index in [9.17, 15) is 0 Å². The molecule has 1 rings (SSSR count). The van der Waals surface area contributed by atoms with Crippen molar-refractivity contribution in [1.29, 1.82) is 0 Å². The van der Waals surface area contributed by atoms with E-state index in [1.807, 2.05) is 0 Å². The molecule has 1 unspecified atom stereocenters. The van der Waals surface area contributed by atoms with E-state index in [2.05, 4.69) is 33.0 Å². The van der Waals surface area contributed by atoms with Gasteiger partial charge in [-0.25, -0.2) is 0 Å². The molecule has 1 heteroatoms. The lowest BCUT2D eigenvalue weighted by Gasteiger charge is -2.34. The van der Waals surface area contributed by atoms with Crippen LogP contribution in [0, 0.1) is 11.3 Å². The molecule has 0 bridgehead atoms. The highest BCUT2D eigenvalue weighted by Crippen LogP contribution is 2.38. The average Bonchev–Trinajstić information content (AvgIpc) is 2.95. The summed E-state index contributed by atoms with van der Waals surface area (Å²) >= 11 is 0. The monoisotopic (exact) mass is 197 g/mol. The molecule has 0 spiro atoms. The quantitative estimate of drug-likeness (QED) is 0.657. The van der Waals surface area contributed by atoms with Gasteiger partial charge in [0.2, 0.25) is 0 Å². The summed E-state index contributed by atoms with van der Waals surface area (Å²) in [5.41, 5.74) is 0.470. The molecular formula is C13H27N. The van der Waals surface area contributed by atoms with E-state index in [4.69, 9.17) is 0 Å². The zero-order valence-electron chi connectivity index (χ0n) is 10.4. The molecule has 0 saturated heterocycles. The van der Waals surface area contributed by atoms with Crippen LogP contribution in [-0.4, -0.2) is 12.6 Å². The minimum atomic E-state index is 0.470. The third kappa shape index (κ3) is 3.61. The standard InChI is InChI=1S/C13H27N/c1-5-9-14-12(10-11-7-8-11)13(3,4)6-2/h11-12,14H,5-10H2,1-4H3. The summed E-state index contributed by atoms with van der Waals surface area (Å²) in [6.07, 6.45) is 6.89. The molecule has 0 heterocycles. The first kappa shape index (κ1) is 12.0. The summed E-state index contributed by atoms with van der Waals surface area (Å²) in [4.78, 5) is 0. The predicted octanol–water partition coefficient (Wildman–Crippen LogP) is 3.59. The molecular weight excluding hydrogens is 170 g/mol. The average molecular weight is 197 g/mol. The van der Waals surface area contributed by atoms with Crippen LogP contribution < -0.4 is 5.32 Å². The van der Waals surface area contributed by atoms with E-state index in [0.717, 1.165) is 12.0 Å². The number of nitrogens with one attached hydrogen (secondary N) is 1. The Morgan fingerprint density at radius 1 is 1.29 bits per heavy atom. The Labute approximate surface area is 89.7 Å². The Bertz CT molecular complexity index is 159. The molecule has 1 fully saturated rings. The number of rotatable bonds is 7. The molecule has 0 aliphatic heterocycles. The van der Waals surface area contributed by atoms with Crippen LogP contribution in [0.25, 0.3) is 0 Å². The van der Waals surface area contributed by atoms with Crippen LogP contribution >= 0.6 is 0 Å². The molecule has 0 aromatic carbocycles. The maximum absolute atomic E-state index is 3.73.